The summed E-state index contributed by atoms with van der Waals surface area (Å²) in [5, 5.41) is 3.19. The summed E-state index contributed by atoms with van der Waals surface area (Å²) in [6.07, 6.45) is 4.18. The molecule has 0 atom stereocenters. The lowest BCUT2D eigenvalue weighted by molar-refractivity contribution is 0.0951. The highest BCUT2D eigenvalue weighted by atomic mass is 32.2. The van der Waals surface area contributed by atoms with Gasteiger partial charge in [-0.1, -0.05) is 18.2 Å². The normalized spacial score (nSPS) is 11.5. The molecule has 6 nitrogen and oxygen atoms in total. The van der Waals surface area contributed by atoms with Gasteiger partial charge in [0.1, 0.15) is 21.3 Å². The van der Waals surface area contributed by atoms with Crippen molar-refractivity contribution in [2.24, 2.45) is 0 Å². The molecule has 3 rings (SSSR count). The van der Waals surface area contributed by atoms with E-state index >= 15 is 0 Å². The van der Waals surface area contributed by atoms with Gasteiger partial charge in [0, 0.05) is 41.7 Å². The van der Waals surface area contributed by atoms with Gasteiger partial charge in [-0.05, 0) is 18.2 Å². The molecule has 134 valence electrons. The third kappa shape index (κ3) is 4.02. The molecule has 2 aromatic heterocycles. The molecule has 1 N–H and O–H groups in total. The van der Waals surface area contributed by atoms with Crippen molar-refractivity contribution in [1.82, 2.24) is 15.3 Å². The van der Waals surface area contributed by atoms with Crippen LogP contribution in [0.15, 0.2) is 48.8 Å². The molecule has 26 heavy (non-hydrogen) atoms. The molecule has 0 saturated carbocycles. The number of sulfone groups is 1. The van der Waals surface area contributed by atoms with E-state index in [2.05, 4.69) is 15.3 Å². The maximum absolute atomic E-state index is 14.1. The molecular weight excluding hydrogens is 357 g/mol. The predicted octanol–water partition coefficient (Wildman–Crippen LogP) is 2.21. The first-order valence-corrected chi connectivity index (χ1v) is 9.87. The Hall–Kier alpha value is -2.87. The Labute approximate surface area is 150 Å². The number of amides is 1. The van der Waals surface area contributed by atoms with Gasteiger partial charge in [-0.3, -0.25) is 9.78 Å². The number of rotatable bonds is 5. The Bertz CT molecular complexity index is 1080. The van der Waals surface area contributed by atoms with E-state index in [-0.39, 0.29) is 18.0 Å². The van der Waals surface area contributed by atoms with Gasteiger partial charge < -0.3 is 5.32 Å². The summed E-state index contributed by atoms with van der Waals surface area (Å²) in [4.78, 5) is 20.7. The third-order valence-electron chi connectivity index (χ3n) is 3.75. The first-order chi connectivity index (χ1) is 12.3. The van der Waals surface area contributed by atoms with Gasteiger partial charge in [-0.2, -0.15) is 0 Å². The van der Waals surface area contributed by atoms with E-state index in [4.69, 9.17) is 0 Å². The van der Waals surface area contributed by atoms with E-state index in [1.807, 2.05) is 0 Å². The van der Waals surface area contributed by atoms with Gasteiger partial charge in [0.05, 0.1) is 11.3 Å². The topological polar surface area (TPSA) is 89.0 Å². The number of carbonyl (C=O) groups is 1. The second kappa shape index (κ2) is 7.17. The maximum Gasteiger partial charge on any atom is 0.269 e. The summed E-state index contributed by atoms with van der Waals surface area (Å²) in [7, 11) is -3.17. The van der Waals surface area contributed by atoms with E-state index in [0.29, 0.717) is 22.0 Å². The lowest BCUT2D eigenvalue weighted by atomic mass is 10.0. The van der Waals surface area contributed by atoms with Crippen LogP contribution in [0.25, 0.3) is 22.0 Å². The summed E-state index contributed by atoms with van der Waals surface area (Å²) < 4.78 is 36.4. The van der Waals surface area contributed by atoms with Crippen molar-refractivity contribution < 1.29 is 17.6 Å². The molecule has 0 saturated heterocycles. The maximum atomic E-state index is 14.1. The van der Waals surface area contributed by atoms with E-state index in [9.17, 15) is 17.6 Å². The molecule has 0 fully saturated rings. The van der Waals surface area contributed by atoms with Crippen molar-refractivity contribution in [3.63, 3.8) is 0 Å². The minimum absolute atomic E-state index is 0.00605. The number of benzene rings is 1. The molecule has 3 aromatic rings. The monoisotopic (exact) mass is 373 g/mol. The summed E-state index contributed by atoms with van der Waals surface area (Å²) in [5.74, 6) is -1.06. The van der Waals surface area contributed by atoms with E-state index < -0.39 is 21.6 Å². The number of nitrogens with zero attached hydrogens (tertiary/aromatic N) is 2. The molecule has 0 aliphatic heterocycles. The Kier molecular flexibility index (Phi) is 4.94. The van der Waals surface area contributed by atoms with Gasteiger partial charge in [0.15, 0.2) is 0 Å². The summed E-state index contributed by atoms with van der Waals surface area (Å²) in [6, 6.07) is 9.45. The number of aromatic nitrogens is 2. The van der Waals surface area contributed by atoms with Crippen LogP contribution in [-0.4, -0.2) is 42.8 Å². The first-order valence-electron chi connectivity index (χ1n) is 7.81. The Morgan fingerprint density at radius 2 is 1.88 bits per heavy atom. The molecule has 1 aromatic carbocycles. The molecule has 0 radical (unpaired) electrons. The van der Waals surface area contributed by atoms with Crippen LogP contribution in [0, 0.1) is 5.82 Å². The average molecular weight is 373 g/mol. The van der Waals surface area contributed by atoms with Crippen LogP contribution in [0.4, 0.5) is 4.39 Å². The number of fused-ring (bicyclic) bond motifs is 1. The zero-order valence-corrected chi connectivity index (χ0v) is 14.8. The van der Waals surface area contributed by atoms with Crippen molar-refractivity contribution in [3.05, 3.63) is 60.3 Å². The highest BCUT2D eigenvalue weighted by Crippen LogP contribution is 2.28. The van der Waals surface area contributed by atoms with Crippen molar-refractivity contribution in [2.75, 3.05) is 18.6 Å². The van der Waals surface area contributed by atoms with Gasteiger partial charge in [-0.25, -0.2) is 17.8 Å². The largest absolute Gasteiger partial charge is 0.350 e. The zero-order valence-electron chi connectivity index (χ0n) is 13.9. The number of halogens is 1. The van der Waals surface area contributed by atoms with Crippen molar-refractivity contribution >= 4 is 26.6 Å². The van der Waals surface area contributed by atoms with Crippen molar-refractivity contribution in [1.29, 1.82) is 0 Å². The minimum Gasteiger partial charge on any atom is -0.350 e. The fourth-order valence-corrected chi connectivity index (χ4v) is 2.96. The van der Waals surface area contributed by atoms with Crippen molar-refractivity contribution in [3.8, 4) is 11.1 Å². The van der Waals surface area contributed by atoms with Crippen LogP contribution in [-0.2, 0) is 9.84 Å². The Morgan fingerprint density at radius 3 is 2.62 bits per heavy atom. The highest BCUT2D eigenvalue weighted by Gasteiger charge is 2.14. The van der Waals surface area contributed by atoms with Crippen LogP contribution in [0.2, 0.25) is 0 Å². The van der Waals surface area contributed by atoms with E-state index in [0.717, 1.165) is 6.26 Å². The second-order valence-electron chi connectivity index (χ2n) is 5.82. The van der Waals surface area contributed by atoms with E-state index in [1.165, 1.54) is 18.3 Å². The molecular formula is C18H16FN3O3S. The first kappa shape index (κ1) is 17.9. The van der Waals surface area contributed by atoms with E-state index in [1.54, 1.807) is 30.5 Å². The van der Waals surface area contributed by atoms with Crippen LogP contribution in [0.1, 0.15) is 10.5 Å². The fourth-order valence-electron chi connectivity index (χ4n) is 2.49. The SMILES string of the molecule is CS(=O)(=O)CCNC(=O)c1ccc2cncc(-c3ccccc3F)c2n1. The molecule has 1 amide bonds. The van der Waals surface area contributed by atoms with Crippen LogP contribution < -0.4 is 5.32 Å². The average Bonchev–Trinajstić information content (AvgIpc) is 2.60. The predicted molar refractivity (Wildman–Crippen MR) is 97.0 cm³/mol. The molecule has 0 spiro atoms. The standard InChI is InChI=1S/C18H16FN3O3S/c1-26(24,25)9-8-21-18(23)16-7-6-12-10-20-11-14(17(12)22-16)13-4-2-3-5-15(13)19/h2-7,10-11H,8-9H2,1H3,(H,21,23). The Balaban J connectivity index is 1.96. The van der Waals surface area contributed by atoms with Crippen LogP contribution >= 0.6 is 0 Å². The number of nitrogens with one attached hydrogen (secondary N) is 1. The molecule has 2 heterocycles. The number of carbonyl (C=O) groups excluding carboxylic acids is 1. The van der Waals surface area contributed by atoms with Crippen LogP contribution in [0.5, 0.6) is 0 Å². The Morgan fingerprint density at radius 1 is 1.12 bits per heavy atom. The summed E-state index contributed by atoms with van der Waals surface area (Å²) in [6.45, 7) is -0.00605. The lowest BCUT2D eigenvalue weighted by Gasteiger charge is -2.09. The summed E-state index contributed by atoms with van der Waals surface area (Å²) >= 11 is 0. The van der Waals surface area contributed by atoms with Gasteiger partial charge in [0.25, 0.3) is 5.91 Å². The summed E-state index contributed by atoms with van der Waals surface area (Å²) in [5.41, 5.74) is 1.38. The number of hydrogen-bond donors (Lipinski definition) is 1. The molecule has 0 unspecified atom stereocenters. The van der Waals surface area contributed by atoms with Gasteiger partial charge in [0.2, 0.25) is 0 Å². The molecule has 8 heteroatoms. The van der Waals surface area contributed by atoms with Crippen LogP contribution in [0.3, 0.4) is 0 Å². The molecule has 0 aliphatic rings. The zero-order chi connectivity index (χ0) is 18.7. The third-order valence-corrected chi connectivity index (χ3v) is 4.70. The minimum atomic E-state index is -3.17. The quantitative estimate of drug-likeness (QED) is 0.741. The van der Waals surface area contributed by atoms with Gasteiger partial charge in [-0.15, -0.1) is 0 Å². The fraction of sp³-hybridized carbons (Fsp3) is 0.167. The lowest BCUT2D eigenvalue weighted by Crippen LogP contribution is -2.29. The number of hydrogen-bond acceptors (Lipinski definition) is 5. The van der Waals surface area contributed by atoms with Crippen molar-refractivity contribution in [2.45, 2.75) is 0 Å². The highest BCUT2D eigenvalue weighted by molar-refractivity contribution is 7.90. The second-order valence-corrected chi connectivity index (χ2v) is 8.08. The van der Waals surface area contributed by atoms with Gasteiger partial charge >= 0.3 is 0 Å². The smallest absolute Gasteiger partial charge is 0.269 e. The molecule has 0 aliphatic carbocycles. The number of pyridine rings is 2. The molecule has 0 bridgehead atoms.